The molecule has 1 N–H and O–H groups in total. The summed E-state index contributed by atoms with van der Waals surface area (Å²) in [5.41, 5.74) is 2.01. The zero-order valence-electron chi connectivity index (χ0n) is 14.0. The molecule has 0 saturated carbocycles. The van der Waals surface area contributed by atoms with Gasteiger partial charge in [0.05, 0.1) is 13.2 Å². The SMILES string of the molecule is C=CCc1ccc(OCC(=O)NC(C)c2cccnc2)c(OC)c1. The molecule has 1 heterocycles. The molecule has 24 heavy (non-hydrogen) atoms. The monoisotopic (exact) mass is 326 g/mol. The predicted octanol–water partition coefficient (Wildman–Crippen LogP) is 3.07. The second kappa shape index (κ2) is 8.72. The van der Waals surface area contributed by atoms with Crippen LogP contribution in [0.2, 0.25) is 0 Å². The fraction of sp³-hybridized carbons (Fsp3) is 0.263. The number of ether oxygens (including phenoxy) is 2. The van der Waals surface area contributed by atoms with Crippen LogP contribution in [0.3, 0.4) is 0 Å². The molecule has 2 rings (SSSR count). The van der Waals surface area contributed by atoms with Crippen molar-refractivity contribution in [2.24, 2.45) is 0 Å². The third kappa shape index (κ3) is 4.84. The van der Waals surface area contributed by atoms with Crippen LogP contribution in [0.4, 0.5) is 0 Å². The fourth-order valence-corrected chi connectivity index (χ4v) is 2.27. The summed E-state index contributed by atoms with van der Waals surface area (Å²) < 4.78 is 10.9. The molecule has 1 aromatic carbocycles. The minimum atomic E-state index is -0.205. The van der Waals surface area contributed by atoms with E-state index >= 15 is 0 Å². The molecule has 0 aliphatic heterocycles. The Labute approximate surface area is 142 Å². The van der Waals surface area contributed by atoms with Crippen molar-refractivity contribution in [1.82, 2.24) is 10.3 Å². The van der Waals surface area contributed by atoms with Gasteiger partial charge in [-0.25, -0.2) is 0 Å². The lowest BCUT2D eigenvalue weighted by Crippen LogP contribution is -2.31. The van der Waals surface area contributed by atoms with E-state index < -0.39 is 0 Å². The van der Waals surface area contributed by atoms with E-state index in [9.17, 15) is 4.79 Å². The standard InChI is InChI=1S/C19H22N2O3/c1-4-6-15-8-9-17(18(11-15)23-3)24-13-19(22)21-14(2)16-7-5-10-20-12-16/h4-5,7-12,14H,1,6,13H2,2-3H3,(H,21,22). The quantitative estimate of drug-likeness (QED) is 0.757. The summed E-state index contributed by atoms with van der Waals surface area (Å²) >= 11 is 0. The van der Waals surface area contributed by atoms with Gasteiger partial charge < -0.3 is 14.8 Å². The van der Waals surface area contributed by atoms with Crippen LogP contribution in [-0.4, -0.2) is 24.6 Å². The average molecular weight is 326 g/mol. The van der Waals surface area contributed by atoms with E-state index in [-0.39, 0.29) is 18.6 Å². The van der Waals surface area contributed by atoms with Gasteiger partial charge in [0.15, 0.2) is 18.1 Å². The first-order chi connectivity index (χ1) is 11.6. The summed E-state index contributed by atoms with van der Waals surface area (Å²) in [5, 5.41) is 2.88. The van der Waals surface area contributed by atoms with Crippen LogP contribution in [0.25, 0.3) is 0 Å². The molecular weight excluding hydrogens is 304 g/mol. The van der Waals surface area contributed by atoms with E-state index in [1.165, 1.54) is 0 Å². The van der Waals surface area contributed by atoms with E-state index in [0.29, 0.717) is 11.5 Å². The second-order valence-electron chi connectivity index (χ2n) is 5.34. The van der Waals surface area contributed by atoms with Gasteiger partial charge in [0.2, 0.25) is 0 Å². The molecule has 5 heteroatoms. The van der Waals surface area contributed by atoms with Crippen molar-refractivity contribution in [2.45, 2.75) is 19.4 Å². The number of nitrogens with one attached hydrogen (secondary N) is 1. The number of amides is 1. The smallest absolute Gasteiger partial charge is 0.258 e. The van der Waals surface area contributed by atoms with Crippen LogP contribution in [-0.2, 0) is 11.2 Å². The molecule has 0 radical (unpaired) electrons. The van der Waals surface area contributed by atoms with Crippen LogP contribution < -0.4 is 14.8 Å². The third-order valence-electron chi connectivity index (χ3n) is 3.53. The lowest BCUT2D eigenvalue weighted by molar-refractivity contribution is -0.123. The summed E-state index contributed by atoms with van der Waals surface area (Å²) in [5.74, 6) is 0.931. The Balaban J connectivity index is 1.92. The summed E-state index contributed by atoms with van der Waals surface area (Å²) in [4.78, 5) is 16.1. The summed E-state index contributed by atoms with van der Waals surface area (Å²) in [7, 11) is 1.57. The largest absolute Gasteiger partial charge is 0.493 e. The maximum atomic E-state index is 12.1. The van der Waals surface area contributed by atoms with E-state index in [1.807, 2.05) is 37.3 Å². The zero-order valence-corrected chi connectivity index (χ0v) is 14.0. The third-order valence-corrected chi connectivity index (χ3v) is 3.53. The van der Waals surface area contributed by atoms with Crippen molar-refractivity contribution in [3.05, 3.63) is 66.5 Å². The highest BCUT2D eigenvalue weighted by atomic mass is 16.5. The predicted molar refractivity (Wildman–Crippen MR) is 93.2 cm³/mol. The number of allylic oxidation sites excluding steroid dienone is 1. The van der Waals surface area contributed by atoms with Crippen LogP contribution in [0.1, 0.15) is 24.1 Å². The minimum absolute atomic E-state index is 0.0816. The van der Waals surface area contributed by atoms with Gasteiger partial charge in [-0.05, 0) is 42.7 Å². The Hall–Kier alpha value is -2.82. The molecule has 1 amide bonds. The lowest BCUT2D eigenvalue weighted by atomic mass is 10.1. The summed E-state index contributed by atoms with van der Waals surface area (Å²) in [6, 6.07) is 9.23. The first kappa shape index (κ1) is 17.5. The molecule has 0 aliphatic carbocycles. The maximum Gasteiger partial charge on any atom is 0.258 e. The summed E-state index contributed by atoms with van der Waals surface area (Å²) in [6.07, 6.45) is 6.00. The lowest BCUT2D eigenvalue weighted by Gasteiger charge is -2.15. The number of pyridine rings is 1. The molecule has 1 aromatic heterocycles. The highest BCUT2D eigenvalue weighted by Gasteiger charge is 2.12. The van der Waals surface area contributed by atoms with Gasteiger partial charge in [0.1, 0.15) is 0 Å². The average Bonchev–Trinajstić information content (AvgIpc) is 2.61. The van der Waals surface area contributed by atoms with Crippen LogP contribution in [0.5, 0.6) is 11.5 Å². The molecule has 0 fully saturated rings. The minimum Gasteiger partial charge on any atom is -0.493 e. The van der Waals surface area contributed by atoms with Crippen molar-refractivity contribution in [3.8, 4) is 11.5 Å². The molecule has 126 valence electrons. The highest BCUT2D eigenvalue weighted by molar-refractivity contribution is 5.78. The number of aromatic nitrogens is 1. The zero-order chi connectivity index (χ0) is 17.4. The molecule has 0 aliphatic rings. The number of benzene rings is 1. The van der Waals surface area contributed by atoms with Gasteiger partial charge in [-0.3, -0.25) is 9.78 Å². The molecular formula is C19H22N2O3. The Bertz CT molecular complexity index is 686. The van der Waals surface area contributed by atoms with Gasteiger partial charge in [0.25, 0.3) is 5.91 Å². The Morgan fingerprint density at radius 3 is 2.88 bits per heavy atom. The molecule has 0 saturated heterocycles. The summed E-state index contributed by atoms with van der Waals surface area (Å²) in [6.45, 7) is 5.54. The van der Waals surface area contributed by atoms with Crippen LogP contribution >= 0.6 is 0 Å². The van der Waals surface area contributed by atoms with Crippen LogP contribution in [0.15, 0.2) is 55.4 Å². The van der Waals surface area contributed by atoms with Crippen molar-refractivity contribution in [3.63, 3.8) is 0 Å². The Kier molecular flexibility index (Phi) is 6.37. The van der Waals surface area contributed by atoms with E-state index in [1.54, 1.807) is 25.6 Å². The van der Waals surface area contributed by atoms with Gasteiger partial charge in [-0.1, -0.05) is 18.2 Å². The van der Waals surface area contributed by atoms with Crippen molar-refractivity contribution in [1.29, 1.82) is 0 Å². The fourth-order valence-electron chi connectivity index (χ4n) is 2.27. The van der Waals surface area contributed by atoms with E-state index in [4.69, 9.17) is 9.47 Å². The van der Waals surface area contributed by atoms with Gasteiger partial charge in [-0.15, -0.1) is 6.58 Å². The first-order valence-corrected chi connectivity index (χ1v) is 7.74. The number of nitrogens with zero attached hydrogens (tertiary/aromatic N) is 1. The van der Waals surface area contributed by atoms with Crippen molar-refractivity contribution >= 4 is 5.91 Å². The molecule has 0 bridgehead atoms. The maximum absolute atomic E-state index is 12.1. The normalized spacial score (nSPS) is 11.4. The van der Waals surface area contributed by atoms with Gasteiger partial charge in [-0.2, -0.15) is 0 Å². The van der Waals surface area contributed by atoms with Gasteiger partial charge in [0, 0.05) is 12.4 Å². The topological polar surface area (TPSA) is 60.5 Å². The Morgan fingerprint density at radius 2 is 2.21 bits per heavy atom. The molecule has 2 aromatic rings. The number of hydrogen-bond donors (Lipinski definition) is 1. The Morgan fingerprint density at radius 1 is 1.38 bits per heavy atom. The van der Waals surface area contributed by atoms with Gasteiger partial charge >= 0.3 is 0 Å². The molecule has 0 spiro atoms. The second-order valence-corrected chi connectivity index (χ2v) is 5.34. The number of carbonyl (C=O) groups excluding carboxylic acids is 1. The van der Waals surface area contributed by atoms with Crippen LogP contribution in [0, 0.1) is 0 Å². The molecule has 1 atom stereocenters. The van der Waals surface area contributed by atoms with Crippen molar-refractivity contribution in [2.75, 3.05) is 13.7 Å². The number of hydrogen-bond acceptors (Lipinski definition) is 4. The van der Waals surface area contributed by atoms with E-state index in [2.05, 4.69) is 16.9 Å². The molecule has 1 unspecified atom stereocenters. The number of methoxy groups -OCH3 is 1. The first-order valence-electron chi connectivity index (χ1n) is 7.74. The van der Waals surface area contributed by atoms with E-state index in [0.717, 1.165) is 17.5 Å². The van der Waals surface area contributed by atoms with Crippen molar-refractivity contribution < 1.29 is 14.3 Å². The molecule has 5 nitrogen and oxygen atoms in total. The number of rotatable bonds is 8. The highest BCUT2D eigenvalue weighted by Crippen LogP contribution is 2.28. The number of carbonyl (C=O) groups is 1.